The van der Waals surface area contributed by atoms with Crippen molar-refractivity contribution in [2.75, 3.05) is 33.2 Å². The van der Waals surface area contributed by atoms with Gasteiger partial charge >= 0.3 is 0 Å². The van der Waals surface area contributed by atoms with E-state index in [2.05, 4.69) is 63.1 Å². The van der Waals surface area contributed by atoms with Crippen LogP contribution in [0.5, 0.6) is 0 Å². The Kier molecular flexibility index (Phi) is 6.02. The highest BCUT2D eigenvalue weighted by atomic mass is 79.9. The Morgan fingerprint density at radius 2 is 1.90 bits per heavy atom. The molecule has 0 amide bonds. The fourth-order valence-electron chi connectivity index (χ4n) is 2.71. The van der Waals surface area contributed by atoms with Crippen LogP contribution in [0.1, 0.15) is 25.0 Å². The third kappa shape index (κ3) is 4.29. The second-order valence-corrected chi connectivity index (χ2v) is 6.72. The van der Waals surface area contributed by atoms with Gasteiger partial charge in [-0.15, -0.1) is 0 Å². The molecule has 112 valence electrons. The molecule has 0 unspecified atom stereocenters. The Bertz CT molecular complexity index is 426. The van der Waals surface area contributed by atoms with Crippen LogP contribution in [0.3, 0.4) is 0 Å². The smallest absolute Gasteiger partial charge is 0.0246 e. The molecule has 0 saturated carbocycles. The van der Waals surface area contributed by atoms with Crippen molar-refractivity contribution in [3.05, 3.63) is 33.8 Å². The number of piperazine rings is 1. The predicted molar refractivity (Wildman–Crippen MR) is 88.9 cm³/mol. The summed E-state index contributed by atoms with van der Waals surface area (Å²) in [5.74, 6) is 0. The van der Waals surface area contributed by atoms with Gasteiger partial charge in [0.1, 0.15) is 0 Å². The normalized spacial score (nSPS) is 17.9. The first-order valence-corrected chi connectivity index (χ1v) is 8.27. The van der Waals surface area contributed by atoms with Gasteiger partial charge in [-0.1, -0.05) is 28.1 Å². The lowest BCUT2D eigenvalue weighted by Crippen LogP contribution is -2.48. The summed E-state index contributed by atoms with van der Waals surface area (Å²) in [5.41, 5.74) is 2.72. The molecular weight excluding hydrogens is 314 g/mol. The first kappa shape index (κ1) is 16.0. The molecule has 2 rings (SSSR count). The summed E-state index contributed by atoms with van der Waals surface area (Å²) >= 11 is 3.71. The molecule has 1 heterocycles. The molecule has 1 aromatic rings. The van der Waals surface area contributed by atoms with Crippen molar-refractivity contribution in [1.82, 2.24) is 15.1 Å². The molecule has 0 radical (unpaired) electrons. The van der Waals surface area contributed by atoms with E-state index in [9.17, 15) is 0 Å². The number of hydrogen-bond donors (Lipinski definition) is 1. The second-order valence-electron chi connectivity index (χ2n) is 5.86. The van der Waals surface area contributed by atoms with Gasteiger partial charge < -0.3 is 5.32 Å². The van der Waals surface area contributed by atoms with Crippen molar-refractivity contribution in [2.45, 2.75) is 33.0 Å². The lowest BCUT2D eigenvalue weighted by atomic mass is 10.1. The quantitative estimate of drug-likeness (QED) is 0.889. The molecule has 0 atom stereocenters. The van der Waals surface area contributed by atoms with Crippen molar-refractivity contribution < 1.29 is 0 Å². The summed E-state index contributed by atoms with van der Waals surface area (Å²) < 4.78 is 1.23. The van der Waals surface area contributed by atoms with Crippen molar-refractivity contribution in [3.63, 3.8) is 0 Å². The van der Waals surface area contributed by atoms with Crippen LogP contribution in [0.25, 0.3) is 0 Å². The van der Waals surface area contributed by atoms with Crippen LogP contribution in [0.2, 0.25) is 0 Å². The Morgan fingerprint density at radius 3 is 2.45 bits per heavy atom. The molecule has 20 heavy (non-hydrogen) atoms. The summed E-state index contributed by atoms with van der Waals surface area (Å²) in [7, 11) is 1.98. The van der Waals surface area contributed by atoms with Crippen LogP contribution < -0.4 is 5.32 Å². The minimum atomic E-state index is 0.671. The maximum atomic E-state index is 3.71. The molecule has 1 fully saturated rings. The molecule has 0 aliphatic carbocycles. The van der Waals surface area contributed by atoms with E-state index in [4.69, 9.17) is 0 Å². The van der Waals surface area contributed by atoms with E-state index in [0.717, 1.165) is 13.1 Å². The maximum Gasteiger partial charge on any atom is 0.0246 e. The lowest BCUT2D eigenvalue weighted by Gasteiger charge is -2.37. The zero-order chi connectivity index (χ0) is 14.5. The third-order valence-corrected chi connectivity index (χ3v) is 4.77. The topological polar surface area (TPSA) is 18.5 Å². The average Bonchev–Trinajstić information content (AvgIpc) is 2.43. The number of nitrogens with one attached hydrogen (secondary N) is 1. The van der Waals surface area contributed by atoms with E-state index in [0.29, 0.717) is 6.04 Å². The summed E-state index contributed by atoms with van der Waals surface area (Å²) in [6.07, 6.45) is 0. The second kappa shape index (κ2) is 7.55. The van der Waals surface area contributed by atoms with Gasteiger partial charge in [0.25, 0.3) is 0 Å². The molecule has 1 aromatic carbocycles. The number of benzene rings is 1. The first-order chi connectivity index (χ1) is 9.60. The van der Waals surface area contributed by atoms with Gasteiger partial charge in [-0.3, -0.25) is 9.80 Å². The highest BCUT2D eigenvalue weighted by Gasteiger charge is 2.19. The van der Waals surface area contributed by atoms with Gasteiger partial charge in [0.15, 0.2) is 0 Å². The van der Waals surface area contributed by atoms with Crippen molar-refractivity contribution in [1.29, 1.82) is 0 Å². The van der Waals surface area contributed by atoms with Gasteiger partial charge in [0, 0.05) is 49.8 Å². The fourth-order valence-corrected chi connectivity index (χ4v) is 3.26. The summed E-state index contributed by atoms with van der Waals surface area (Å²) in [5, 5.41) is 3.19. The Balaban J connectivity index is 1.91. The number of halogens is 1. The van der Waals surface area contributed by atoms with Gasteiger partial charge in [0.05, 0.1) is 0 Å². The van der Waals surface area contributed by atoms with Crippen LogP contribution in [0, 0.1) is 0 Å². The third-order valence-electron chi connectivity index (χ3n) is 4.03. The Hall–Kier alpha value is -0.420. The monoisotopic (exact) mass is 339 g/mol. The molecule has 0 spiro atoms. The molecule has 1 saturated heterocycles. The standard InChI is InChI=1S/C16H26BrN3/c1-13(2)20-8-6-19(7-9-20)12-15-5-4-14(11-18-3)10-16(15)17/h4-5,10,13,18H,6-9,11-12H2,1-3H3. The predicted octanol–water partition coefficient (Wildman–Crippen LogP) is 2.69. The van der Waals surface area contributed by atoms with Crippen molar-refractivity contribution in [3.8, 4) is 0 Å². The van der Waals surface area contributed by atoms with Crippen molar-refractivity contribution in [2.24, 2.45) is 0 Å². The number of nitrogens with zero attached hydrogens (tertiary/aromatic N) is 2. The lowest BCUT2D eigenvalue weighted by molar-refractivity contribution is 0.104. The minimum absolute atomic E-state index is 0.671. The summed E-state index contributed by atoms with van der Waals surface area (Å²) in [4.78, 5) is 5.11. The van der Waals surface area contributed by atoms with Crippen LogP contribution in [-0.2, 0) is 13.1 Å². The van der Waals surface area contributed by atoms with Crippen LogP contribution in [-0.4, -0.2) is 49.1 Å². The van der Waals surface area contributed by atoms with E-state index >= 15 is 0 Å². The fraction of sp³-hybridized carbons (Fsp3) is 0.625. The van der Waals surface area contributed by atoms with E-state index in [1.54, 1.807) is 0 Å². The molecule has 3 nitrogen and oxygen atoms in total. The molecule has 1 aliphatic rings. The van der Waals surface area contributed by atoms with Crippen LogP contribution >= 0.6 is 15.9 Å². The largest absolute Gasteiger partial charge is 0.316 e. The van der Waals surface area contributed by atoms with E-state index in [1.807, 2.05) is 7.05 Å². The first-order valence-electron chi connectivity index (χ1n) is 7.48. The van der Waals surface area contributed by atoms with Gasteiger partial charge in [-0.2, -0.15) is 0 Å². The van der Waals surface area contributed by atoms with Crippen LogP contribution in [0.4, 0.5) is 0 Å². The Labute approximate surface area is 131 Å². The average molecular weight is 340 g/mol. The molecule has 0 aromatic heterocycles. The molecule has 4 heteroatoms. The molecule has 1 N–H and O–H groups in total. The van der Waals surface area contributed by atoms with E-state index in [-0.39, 0.29) is 0 Å². The number of rotatable bonds is 5. The highest BCUT2D eigenvalue weighted by Crippen LogP contribution is 2.21. The van der Waals surface area contributed by atoms with Gasteiger partial charge in [-0.05, 0) is 38.1 Å². The minimum Gasteiger partial charge on any atom is -0.316 e. The SMILES string of the molecule is CNCc1ccc(CN2CCN(C(C)C)CC2)c(Br)c1. The van der Waals surface area contributed by atoms with E-state index in [1.165, 1.54) is 41.8 Å². The molecule has 1 aliphatic heterocycles. The Morgan fingerprint density at radius 1 is 1.20 bits per heavy atom. The van der Waals surface area contributed by atoms with Crippen LogP contribution in [0.15, 0.2) is 22.7 Å². The highest BCUT2D eigenvalue weighted by molar-refractivity contribution is 9.10. The zero-order valence-electron chi connectivity index (χ0n) is 12.8. The van der Waals surface area contributed by atoms with Gasteiger partial charge in [-0.25, -0.2) is 0 Å². The van der Waals surface area contributed by atoms with E-state index < -0.39 is 0 Å². The maximum absolute atomic E-state index is 3.71. The van der Waals surface area contributed by atoms with Crippen molar-refractivity contribution >= 4 is 15.9 Å². The summed E-state index contributed by atoms with van der Waals surface area (Å²) in [6, 6.07) is 7.38. The van der Waals surface area contributed by atoms with Gasteiger partial charge in [0.2, 0.25) is 0 Å². The zero-order valence-corrected chi connectivity index (χ0v) is 14.4. The molecular formula is C16H26BrN3. The summed E-state index contributed by atoms with van der Waals surface area (Å²) in [6.45, 7) is 11.3. The number of hydrogen-bond acceptors (Lipinski definition) is 3. The molecule has 0 bridgehead atoms.